The summed E-state index contributed by atoms with van der Waals surface area (Å²) in [6, 6.07) is 5.36. The fraction of sp³-hybridized carbons (Fsp3) is 0.333. The van der Waals surface area contributed by atoms with Crippen molar-refractivity contribution < 1.29 is 14.6 Å². The molecule has 0 radical (unpaired) electrons. The normalized spacial score (nSPS) is 15.1. The second-order valence-corrected chi connectivity index (χ2v) is 6.06. The van der Waals surface area contributed by atoms with Gasteiger partial charge in [-0.05, 0) is 61.0 Å². The van der Waals surface area contributed by atoms with E-state index in [0.29, 0.717) is 9.99 Å². The van der Waals surface area contributed by atoms with Crippen LogP contribution in [0.5, 0.6) is 11.5 Å². The number of aromatic hydroxyl groups is 2. The van der Waals surface area contributed by atoms with Crippen LogP contribution in [-0.2, 0) is 12.8 Å². The van der Waals surface area contributed by atoms with Crippen molar-refractivity contribution >= 4 is 28.7 Å². The number of fused-ring (bicyclic) bond motifs is 1. The second kappa shape index (κ2) is 6.77. The molecule has 2 aromatic rings. The number of hydrogen-bond acceptors (Lipinski definition) is 5. The minimum Gasteiger partial charge on any atom is -0.504 e. The summed E-state index contributed by atoms with van der Waals surface area (Å²) in [6.45, 7) is 1.91. The van der Waals surface area contributed by atoms with Gasteiger partial charge in [0, 0.05) is 13.1 Å². The highest BCUT2D eigenvalue weighted by Gasteiger charge is 2.21. The van der Waals surface area contributed by atoms with Crippen molar-refractivity contribution in [1.29, 1.82) is 0 Å². The molecule has 0 aliphatic carbocycles. The Hall–Kier alpha value is -1.11. The molecule has 6 heteroatoms. The molecular weight excluding hydrogens is 354 g/mol. The van der Waals surface area contributed by atoms with Gasteiger partial charge in [0.05, 0.1) is 11.2 Å². The van der Waals surface area contributed by atoms with Crippen LogP contribution in [0.3, 0.4) is 0 Å². The minimum atomic E-state index is -0.0534. The van der Waals surface area contributed by atoms with E-state index in [0.717, 1.165) is 37.1 Å². The van der Waals surface area contributed by atoms with Crippen molar-refractivity contribution in [2.45, 2.75) is 22.8 Å². The molecule has 0 saturated carbocycles. The van der Waals surface area contributed by atoms with Crippen LogP contribution in [0.25, 0.3) is 0 Å². The fourth-order valence-corrected chi connectivity index (χ4v) is 3.49. The Bertz CT molecular complexity index is 616. The maximum atomic E-state index is 10.2. The lowest BCUT2D eigenvalue weighted by Crippen LogP contribution is -2.20. The fourth-order valence-electron chi connectivity index (χ4n) is 2.48. The van der Waals surface area contributed by atoms with Crippen LogP contribution >= 0.6 is 28.7 Å². The molecule has 0 fully saturated rings. The predicted molar refractivity (Wildman–Crippen MR) is 87.8 cm³/mol. The van der Waals surface area contributed by atoms with Crippen molar-refractivity contribution in [2.24, 2.45) is 0 Å². The number of benzene rings is 1. The smallest absolute Gasteiger partial charge is 0.172 e. The first kappa shape index (κ1) is 16.3. The van der Waals surface area contributed by atoms with Crippen LogP contribution < -0.4 is 0 Å². The summed E-state index contributed by atoms with van der Waals surface area (Å²) < 4.78 is 5.34. The number of phenolic OH excluding ortho intramolecular Hbond substituents is 2. The average Bonchev–Trinajstić information content (AvgIpc) is 2.87. The highest BCUT2D eigenvalue weighted by atomic mass is 79.9. The summed E-state index contributed by atoms with van der Waals surface area (Å²) in [5, 5.41) is 20.8. The summed E-state index contributed by atoms with van der Waals surface area (Å²) in [4.78, 5) is 2.97. The summed E-state index contributed by atoms with van der Waals surface area (Å²) in [5.74, 6) is -0.0999. The largest absolute Gasteiger partial charge is 0.504 e. The number of furan rings is 1. The zero-order valence-corrected chi connectivity index (χ0v) is 14.2. The van der Waals surface area contributed by atoms with E-state index >= 15 is 0 Å². The average molecular weight is 372 g/mol. The Morgan fingerprint density at radius 2 is 2.00 bits per heavy atom. The molecule has 1 aliphatic rings. The molecule has 0 bridgehead atoms. The van der Waals surface area contributed by atoms with E-state index in [1.54, 1.807) is 12.3 Å². The van der Waals surface area contributed by atoms with Crippen LogP contribution in [0.2, 0.25) is 0 Å². The maximum Gasteiger partial charge on any atom is 0.172 e. The van der Waals surface area contributed by atoms with Crippen molar-refractivity contribution in [3.63, 3.8) is 0 Å². The van der Waals surface area contributed by atoms with Gasteiger partial charge in [-0.15, -0.1) is 17.0 Å². The van der Waals surface area contributed by atoms with Crippen LogP contribution in [0.1, 0.15) is 11.1 Å². The molecule has 2 N–H and O–H groups in total. The maximum absolute atomic E-state index is 10.2. The first-order valence-corrected chi connectivity index (χ1v) is 7.43. The molecule has 0 unspecified atom stereocenters. The topological polar surface area (TPSA) is 56.8 Å². The standard InChI is InChI=1S/C15H17NO3S.BrH/c1-16-6-4-10-9-12(17)14(18)15(11(10)5-7-16)20-13-3-2-8-19-13;/h2-3,8-9,17-18H,4-7H2,1H3;1H. The third-order valence-electron chi connectivity index (χ3n) is 3.63. The highest BCUT2D eigenvalue weighted by Crippen LogP contribution is 2.44. The van der Waals surface area contributed by atoms with E-state index in [1.165, 1.54) is 11.8 Å². The van der Waals surface area contributed by atoms with Gasteiger partial charge in [-0.2, -0.15) is 0 Å². The molecule has 1 aliphatic heterocycles. The first-order chi connectivity index (χ1) is 9.65. The molecule has 1 aromatic heterocycles. The van der Waals surface area contributed by atoms with Gasteiger partial charge in [0.15, 0.2) is 16.6 Å². The first-order valence-electron chi connectivity index (χ1n) is 6.61. The second-order valence-electron chi connectivity index (χ2n) is 5.05. The Morgan fingerprint density at radius 1 is 1.24 bits per heavy atom. The highest BCUT2D eigenvalue weighted by molar-refractivity contribution is 8.93. The monoisotopic (exact) mass is 371 g/mol. The molecular formula is C15H18BrNO3S. The van der Waals surface area contributed by atoms with Crippen molar-refractivity contribution in [3.8, 4) is 11.5 Å². The molecule has 2 heterocycles. The van der Waals surface area contributed by atoms with Crippen LogP contribution in [-0.4, -0.2) is 35.3 Å². The lowest BCUT2D eigenvalue weighted by atomic mass is 10.0. The summed E-state index contributed by atoms with van der Waals surface area (Å²) in [6.07, 6.45) is 3.35. The van der Waals surface area contributed by atoms with Gasteiger partial charge in [-0.25, -0.2) is 0 Å². The number of halogens is 1. The van der Waals surface area contributed by atoms with Crippen molar-refractivity contribution in [3.05, 3.63) is 35.6 Å². The van der Waals surface area contributed by atoms with Crippen LogP contribution in [0.4, 0.5) is 0 Å². The Kier molecular flexibility index (Phi) is 5.24. The van der Waals surface area contributed by atoms with Gasteiger partial charge in [0.25, 0.3) is 0 Å². The van der Waals surface area contributed by atoms with E-state index in [1.807, 2.05) is 12.1 Å². The number of rotatable bonds is 2. The summed E-state index contributed by atoms with van der Waals surface area (Å²) in [5.41, 5.74) is 2.23. The zero-order valence-electron chi connectivity index (χ0n) is 11.7. The van der Waals surface area contributed by atoms with Crippen LogP contribution in [0.15, 0.2) is 38.9 Å². The number of nitrogens with zero attached hydrogens (tertiary/aromatic N) is 1. The minimum absolute atomic E-state index is 0. The van der Waals surface area contributed by atoms with E-state index < -0.39 is 0 Å². The molecule has 0 saturated heterocycles. The van der Waals surface area contributed by atoms with Gasteiger partial charge in [-0.1, -0.05) is 0 Å². The van der Waals surface area contributed by atoms with Gasteiger partial charge in [0.2, 0.25) is 0 Å². The molecule has 0 spiro atoms. The summed E-state index contributed by atoms with van der Waals surface area (Å²) in [7, 11) is 2.09. The molecule has 0 atom stereocenters. The van der Waals surface area contributed by atoms with Crippen LogP contribution in [0, 0.1) is 0 Å². The molecule has 0 amide bonds. The van der Waals surface area contributed by atoms with E-state index in [2.05, 4.69) is 11.9 Å². The van der Waals surface area contributed by atoms with E-state index in [-0.39, 0.29) is 28.5 Å². The lowest BCUT2D eigenvalue weighted by molar-refractivity contribution is 0.352. The Morgan fingerprint density at radius 3 is 2.71 bits per heavy atom. The Labute approximate surface area is 138 Å². The molecule has 4 nitrogen and oxygen atoms in total. The quantitative estimate of drug-likeness (QED) is 0.791. The number of phenols is 2. The van der Waals surface area contributed by atoms with Gasteiger partial charge in [0.1, 0.15) is 0 Å². The van der Waals surface area contributed by atoms with Gasteiger partial charge < -0.3 is 19.5 Å². The van der Waals surface area contributed by atoms with E-state index in [9.17, 15) is 10.2 Å². The van der Waals surface area contributed by atoms with Crippen molar-refractivity contribution in [2.75, 3.05) is 20.1 Å². The number of hydrogen-bond donors (Lipinski definition) is 2. The predicted octanol–water partition coefficient (Wildman–Crippen LogP) is 3.45. The molecule has 114 valence electrons. The zero-order chi connectivity index (χ0) is 14.1. The molecule has 3 rings (SSSR count). The number of likely N-dealkylation sites (N-methyl/N-ethyl adjacent to an activating group) is 1. The summed E-state index contributed by atoms with van der Waals surface area (Å²) >= 11 is 1.36. The molecule has 21 heavy (non-hydrogen) atoms. The van der Waals surface area contributed by atoms with Gasteiger partial charge >= 0.3 is 0 Å². The third-order valence-corrected chi connectivity index (χ3v) is 4.71. The Balaban J connectivity index is 0.00000161. The van der Waals surface area contributed by atoms with Gasteiger partial charge in [-0.3, -0.25) is 0 Å². The third kappa shape index (κ3) is 3.39. The van der Waals surface area contributed by atoms with Crippen molar-refractivity contribution in [1.82, 2.24) is 4.90 Å². The van der Waals surface area contributed by atoms with E-state index in [4.69, 9.17) is 4.42 Å². The lowest BCUT2D eigenvalue weighted by Gasteiger charge is -2.14. The molecule has 1 aromatic carbocycles. The SMILES string of the molecule is Br.CN1CCc2cc(O)c(O)c(Sc3ccco3)c2CC1.